The number of aliphatic hydroxyl groups excluding tert-OH is 1. The zero-order chi connectivity index (χ0) is 17.7. The van der Waals surface area contributed by atoms with Gasteiger partial charge in [-0.2, -0.15) is 0 Å². The number of nitrogens with zero attached hydrogens (tertiary/aromatic N) is 1. The van der Waals surface area contributed by atoms with Crippen molar-refractivity contribution in [3.05, 3.63) is 0 Å². The minimum atomic E-state index is -0.00799. The fraction of sp³-hybridized carbons (Fsp3) is 1.00. The number of alkyl halides is 1. The average Bonchev–Trinajstić information content (AvgIpc) is 2.63. The van der Waals surface area contributed by atoms with Crippen LogP contribution < -0.4 is 0 Å². The molecule has 2 nitrogen and oxygen atoms in total. The van der Waals surface area contributed by atoms with Gasteiger partial charge in [-0.05, 0) is 38.8 Å². The first-order valence-corrected chi connectivity index (χ1v) is 11.2. The van der Waals surface area contributed by atoms with Crippen LogP contribution in [0.25, 0.3) is 0 Å². The highest BCUT2D eigenvalue weighted by atomic mass is 35.5. The Kier molecular flexibility index (Phi) is 12.4. The first-order valence-electron chi connectivity index (χ1n) is 10.6. The number of hydrogen-bond donors (Lipinski definition) is 1. The molecule has 24 heavy (non-hydrogen) atoms. The zero-order valence-electron chi connectivity index (χ0n) is 16.4. The monoisotopic (exact) mass is 359 g/mol. The van der Waals surface area contributed by atoms with E-state index in [4.69, 9.17) is 11.6 Å². The summed E-state index contributed by atoms with van der Waals surface area (Å²) in [7, 11) is 0. The van der Waals surface area contributed by atoms with Crippen LogP contribution in [0.15, 0.2) is 0 Å². The molecule has 144 valence electrons. The second-order valence-electron chi connectivity index (χ2n) is 8.03. The number of likely N-dealkylation sites (tertiary alicyclic amines) is 1. The van der Waals surface area contributed by atoms with Crippen LogP contribution in [0.3, 0.4) is 0 Å². The lowest BCUT2D eigenvalue weighted by Crippen LogP contribution is -2.47. The van der Waals surface area contributed by atoms with Crippen LogP contribution in [0.4, 0.5) is 0 Å². The van der Waals surface area contributed by atoms with Crippen molar-refractivity contribution in [2.24, 2.45) is 5.41 Å². The summed E-state index contributed by atoms with van der Waals surface area (Å²) in [4.78, 5) is 2.71. The van der Waals surface area contributed by atoms with E-state index in [-0.39, 0.29) is 12.0 Å². The molecule has 0 spiro atoms. The van der Waals surface area contributed by atoms with Crippen molar-refractivity contribution in [1.82, 2.24) is 4.90 Å². The molecule has 0 aliphatic carbocycles. The topological polar surface area (TPSA) is 23.5 Å². The molecule has 0 saturated carbocycles. The molecule has 3 heteroatoms. The predicted octanol–water partition coefficient (Wildman–Crippen LogP) is 6.00. The third kappa shape index (κ3) is 8.06. The molecule has 1 rings (SSSR count). The maximum atomic E-state index is 9.69. The van der Waals surface area contributed by atoms with Gasteiger partial charge in [0.25, 0.3) is 0 Å². The van der Waals surface area contributed by atoms with Crippen LogP contribution in [-0.4, -0.2) is 41.6 Å². The smallest absolute Gasteiger partial charge is 0.0499 e. The largest absolute Gasteiger partial charge is 0.396 e. The maximum absolute atomic E-state index is 9.69. The Balaban J connectivity index is 2.42. The Hall–Kier alpha value is 0.210. The summed E-state index contributed by atoms with van der Waals surface area (Å²) in [5, 5.41) is 9.69. The molecular formula is C21H42ClNO. The van der Waals surface area contributed by atoms with Crippen molar-refractivity contribution in [1.29, 1.82) is 0 Å². The number of piperidine rings is 1. The summed E-state index contributed by atoms with van der Waals surface area (Å²) in [6, 6.07) is 0.760. The summed E-state index contributed by atoms with van der Waals surface area (Å²) in [6.45, 7) is 7.08. The first kappa shape index (κ1) is 22.3. The van der Waals surface area contributed by atoms with Crippen LogP contribution in [-0.2, 0) is 0 Å². The highest BCUT2D eigenvalue weighted by Gasteiger charge is 2.35. The summed E-state index contributed by atoms with van der Waals surface area (Å²) in [6.07, 6.45) is 17.2. The molecular weight excluding hydrogens is 318 g/mol. The standard InChI is InChI=1S/C21H42ClNO/c1-3-5-7-9-11-13-20(12-10-8-6-4-2)23-16-14-21(18-22,19-24)15-17-23/h20,24H,3-19H2,1-2H3. The molecule has 0 amide bonds. The van der Waals surface area contributed by atoms with Gasteiger partial charge in [0.2, 0.25) is 0 Å². The lowest BCUT2D eigenvalue weighted by molar-refractivity contribution is 0.0369. The van der Waals surface area contributed by atoms with Gasteiger partial charge in [-0.3, -0.25) is 0 Å². The Morgan fingerprint density at radius 1 is 0.875 bits per heavy atom. The van der Waals surface area contributed by atoms with E-state index in [0.29, 0.717) is 5.88 Å². The van der Waals surface area contributed by atoms with Crippen molar-refractivity contribution in [3.8, 4) is 0 Å². The van der Waals surface area contributed by atoms with E-state index in [9.17, 15) is 5.11 Å². The molecule has 1 unspecified atom stereocenters. The van der Waals surface area contributed by atoms with Gasteiger partial charge in [-0.1, -0.05) is 71.6 Å². The number of rotatable bonds is 14. The number of unbranched alkanes of at least 4 members (excludes halogenated alkanes) is 7. The van der Waals surface area contributed by atoms with Crippen molar-refractivity contribution >= 4 is 11.6 Å². The lowest BCUT2D eigenvalue weighted by Gasteiger charge is -2.43. The van der Waals surface area contributed by atoms with Crippen molar-refractivity contribution < 1.29 is 5.11 Å². The summed E-state index contributed by atoms with van der Waals surface area (Å²) >= 11 is 6.14. The Labute approximate surface area is 156 Å². The molecule has 0 aromatic heterocycles. The Morgan fingerprint density at radius 3 is 1.83 bits per heavy atom. The maximum Gasteiger partial charge on any atom is 0.0499 e. The number of hydrogen-bond acceptors (Lipinski definition) is 2. The van der Waals surface area contributed by atoms with Gasteiger partial charge in [0, 0.05) is 23.9 Å². The molecule has 1 atom stereocenters. The van der Waals surface area contributed by atoms with Crippen molar-refractivity contribution in [2.75, 3.05) is 25.6 Å². The molecule has 1 saturated heterocycles. The van der Waals surface area contributed by atoms with Gasteiger partial charge in [0.15, 0.2) is 0 Å². The van der Waals surface area contributed by atoms with Crippen molar-refractivity contribution in [3.63, 3.8) is 0 Å². The summed E-state index contributed by atoms with van der Waals surface area (Å²) in [5.41, 5.74) is -0.00799. The van der Waals surface area contributed by atoms with E-state index in [1.165, 1.54) is 70.6 Å². The second-order valence-corrected chi connectivity index (χ2v) is 8.30. The molecule has 0 aromatic carbocycles. The third-order valence-electron chi connectivity index (χ3n) is 6.03. The van der Waals surface area contributed by atoms with E-state index >= 15 is 0 Å². The van der Waals surface area contributed by atoms with E-state index < -0.39 is 0 Å². The number of aliphatic hydroxyl groups is 1. The van der Waals surface area contributed by atoms with Gasteiger partial charge in [0.05, 0.1) is 0 Å². The highest BCUT2D eigenvalue weighted by molar-refractivity contribution is 6.18. The minimum absolute atomic E-state index is 0.00799. The quantitative estimate of drug-likeness (QED) is 0.303. The minimum Gasteiger partial charge on any atom is -0.396 e. The fourth-order valence-electron chi connectivity index (χ4n) is 4.00. The van der Waals surface area contributed by atoms with Gasteiger partial charge in [-0.15, -0.1) is 11.6 Å². The third-order valence-corrected chi connectivity index (χ3v) is 6.59. The van der Waals surface area contributed by atoms with Crippen LogP contribution in [0.2, 0.25) is 0 Å². The Bertz CT molecular complexity index is 284. The Morgan fingerprint density at radius 2 is 1.38 bits per heavy atom. The average molecular weight is 360 g/mol. The second kappa shape index (κ2) is 13.4. The molecule has 1 aliphatic heterocycles. The van der Waals surface area contributed by atoms with E-state index in [2.05, 4.69) is 18.7 Å². The molecule has 0 bridgehead atoms. The lowest BCUT2D eigenvalue weighted by atomic mass is 9.80. The summed E-state index contributed by atoms with van der Waals surface area (Å²) in [5.74, 6) is 0.607. The van der Waals surface area contributed by atoms with E-state index in [0.717, 1.165) is 32.0 Å². The molecule has 1 N–H and O–H groups in total. The molecule has 1 heterocycles. The fourth-order valence-corrected chi connectivity index (χ4v) is 4.35. The normalized spacial score (nSPS) is 19.5. The molecule has 1 fully saturated rings. The first-order chi connectivity index (χ1) is 11.7. The van der Waals surface area contributed by atoms with Crippen LogP contribution in [0, 0.1) is 5.41 Å². The van der Waals surface area contributed by atoms with Crippen LogP contribution in [0.5, 0.6) is 0 Å². The highest BCUT2D eigenvalue weighted by Crippen LogP contribution is 2.34. The van der Waals surface area contributed by atoms with E-state index in [1.807, 2.05) is 0 Å². The van der Waals surface area contributed by atoms with Crippen LogP contribution in [0.1, 0.15) is 97.3 Å². The molecule has 0 radical (unpaired) electrons. The zero-order valence-corrected chi connectivity index (χ0v) is 17.1. The van der Waals surface area contributed by atoms with Gasteiger partial charge < -0.3 is 10.0 Å². The van der Waals surface area contributed by atoms with Gasteiger partial charge in [-0.25, -0.2) is 0 Å². The molecule has 0 aromatic rings. The van der Waals surface area contributed by atoms with Gasteiger partial charge >= 0.3 is 0 Å². The van der Waals surface area contributed by atoms with Gasteiger partial charge in [0.1, 0.15) is 0 Å². The predicted molar refractivity (Wildman–Crippen MR) is 107 cm³/mol. The van der Waals surface area contributed by atoms with E-state index in [1.54, 1.807) is 0 Å². The summed E-state index contributed by atoms with van der Waals surface area (Å²) < 4.78 is 0. The SMILES string of the molecule is CCCCCCCC(CCCCCC)N1CCC(CO)(CCl)CC1. The molecule has 1 aliphatic rings. The van der Waals surface area contributed by atoms with Crippen LogP contribution >= 0.6 is 11.6 Å². The van der Waals surface area contributed by atoms with Crippen molar-refractivity contribution in [2.45, 2.75) is 103 Å². The number of halogens is 1.